The highest BCUT2D eigenvalue weighted by Crippen LogP contribution is 2.24. The monoisotopic (exact) mass is 151 g/mol. The van der Waals surface area contributed by atoms with E-state index >= 15 is 0 Å². The Morgan fingerprint density at radius 1 is 1.55 bits per heavy atom. The number of rotatable bonds is 2. The van der Waals surface area contributed by atoms with Crippen molar-refractivity contribution in [3.8, 4) is 6.07 Å². The van der Waals surface area contributed by atoms with E-state index in [1.54, 1.807) is 0 Å². The Hall–Kier alpha value is -0.590. The average molecular weight is 151 g/mol. The molecule has 3 nitrogen and oxygen atoms in total. The summed E-state index contributed by atoms with van der Waals surface area (Å²) in [5.41, 5.74) is -0.235. The van der Waals surface area contributed by atoms with Gasteiger partial charge in [-0.2, -0.15) is 5.26 Å². The van der Waals surface area contributed by atoms with Crippen LogP contribution in [0.4, 0.5) is 0 Å². The molecule has 1 aliphatic heterocycles. The van der Waals surface area contributed by atoms with Gasteiger partial charge in [-0.25, -0.2) is 0 Å². The van der Waals surface area contributed by atoms with Crippen LogP contribution in [0.15, 0.2) is 0 Å². The Morgan fingerprint density at radius 3 is 2.82 bits per heavy atom. The lowest BCUT2D eigenvalue weighted by molar-refractivity contribution is 0.443. The fourth-order valence-corrected chi connectivity index (χ4v) is 1.56. The van der Waals surface area contributed by atoms with Gasteiger partial charge in [-0.15, -0.1) is 0 Å². The smallest absolute Gasteiger partial charge is 0.120 e. The van der Waals surface area contributed by atoms with Crippen LogP contribution in [0.2, 0.25) is 0 Å². The Labute approximate surface area is 66.8 Å². The van der Waals surface area contributed by atoms with Gasteiger partial charge in [0.2, 0.25) is 0 Å². The minimum absolute atomic E-state index is 0.235. The molecular formula is C8H13N3. The zero-order valence-corrected chi connectivity index (χ0v) is 6.56. The molecule has 2 N–H and O–H groups in total. The van der Waals surface area contributed by atoms with Crippen molar-refractivity contribution >= 4 is 0 Å². The van der Waals surface area contributed by atoms with Crippen molar-refractivity contribution in [2.75, 3.05) is 13.1 Å². The molecule has 1 aliphatic carbocycles. The number of hydrogen-bond acceptors (Lipinski definition) is 3. The second kappa shape index (κ2) is 2.47. The summed E-state index contributed by atoms with van der Waals surface area (Å²) < 4.78 is 0. The van der Waals surface area contributed by atoms with Gasteiger partial charge in [-0.05, 0) is 25.8 Å². The number of nitrogens with zero attached hydrogens (tertiary/aromatic N) is 1. The highest BCUT2D eigenvalue weighted by molar-refractivity contribution is 5.14. The van der Waals surface area contributed by atoms with E-state index in [0.717, 1.165) is 19.5 Å². The minimum Gasteiger partial charge on any atom is -0.314 e. The third kappa shape index (κ3) is 1.37. The molecule has 0 aromatic carbocycles. The van der Waals surface area contributed by atoms with Gasteiger partial charge in [0, 0.05) is 12.6 Å². The SMILES string of the molecule is N#CC1(NC2CC2)CCNC1. The zero-order valence-electron chi connectivity index (χ0n) is 6.56. The molecule has 2 fully saturated rings. The first-order chi connectivity index (χ1) is 5.35. The zero-order chi connectivity index (χ0) is 7.73. The first-order valence-electron chi connectivity index (χ1n) is 4.24. The van der Waals surface area contributed by atoms with Gasteiger partial charge in [0.1, 0.15) is 5.54 Å². The van der Waals surface area contributed by atoms with E-state index in [1.807, 2.05) is 0 Å². The van der Waals surface area contributed by atoms with Gasteiger partial charge in [-0.3, -0.25) is 5.32 Å². The summed E-state index contributed by atoms with van der Waals surface area (Å²) in [7, 11) is 0. The van der Waals surface area contributed by atoms with Crippen LogP contribution in [0.5, 0.6) is 0 Å². The molecule has 0 bridgehead atoms. The van der Waals surface area contributed by atoms with Crippen LogP contribution in [-0.4, -0.2) is 24.7 Å². The van der Waals surface area contributed by atoms with Crippen molar-refractivity contribution in [1.29, 1.82) is 5.26 Å². The van der Waals surface area contributed by atoms with E-state index in [-0.39, 0.29) is 5.54 Å². The summed E-state index contributed by atoms with van der Waals surface area (Å²) in [5.74, 6) is 0. The summed E-state index contributed by atoms with van der Waals surface area (Å²) in [4.78, 5) is 0. The molecular weight excluding hydrogens is 138 g/mol. The largest absolute Gasteiger partial charge is 0.314 e. The predicted octanol–water partition coefficient (Wildman–Crippen LogP) is -0.00592. The van der Waals surface area contributed by atoms with E-state index in [9.17, 15) is 0 Å². The number of nitriles is 1. The molecule has 1 saturated carbocycles. The lowest BCUT2D eigenvalue weighted by Crippen LogP contribution is -2.46. The van der Waals surface area contributed by atoms with Gasteiger partial charge < -0.3 is 5.32 Å². The molecule has 1 heterocycles. The summed E-state index contributed by atoms with van der Waals surface area (Å²) in [6.45, 7) is 1.80. The molecule has 60 valence electrons. The lowest BCUT2D eigenvalue weighted by Gasteiger charge is -2.20. The lowest BCUT2D eigenvalue weighted by atomic mass is 10.0. The summed E-state index contributed by atoms with van der Waals surface area (Å²) in [6, 6.07) is 3.01. The third-order valence-electron chi connectivity index (χ3n) is 2.43. The topological polar surface area (TPSA) is 47.9 Å². The van der Waals surface area contributed by atoms with Crippen molar-refractivity contribution < 1.29 is 0 Å². The van der Waals surface area contributed by atoms with Gasteiger partial charge in [0.25, 0.3) is 0 Å². The molecule has 0 amide bonds. The molecule has 1 saturated heterocycles. The normalized spacial score (nSPS) is 37.0. The molecule has 0 aromatic rings. The second-order valence-electron chi connectivity index (χ2n) is 3.54. The molecule has 1 atom stereocenters. The van der Waals surface area contributed by atoms with E-state index in [4.69, 9.17) is 5.26 Å². The molecule has 11 heavy (non-hydrogen) atoms. The van der Waals surface area contributed by atoms with E-state index < -0.39 is 0 Å². The van der Waals surface area contributed by atoms with Crippen LogP contribution in [0, 0.1) is 11.3 Å². The van der Waals surface area contributed by atoms with Gasteiger partial charge >= 0.3 is 0 Å². The third-order valence-corrected chi connectivity index (χ3v) is 2.43. The quantitative estimate of drug-likeness (QED) is 0.583. The second-order valence-corrected chi connectivity index (χ2v) is 3.54. The Bertz CT molecular complexity index is 184. The predicted molar refractivity (Wildman–Crippen MR) is 42.0 cm³/mol. The maximum Gasteiger partial charge on any atom is 0.120 e. The Kier molecular flexibility index (Phi) is 1.59. The molecule has 0 spiro atoms. The standard InChI is InChI=1S/C8H13N3/c9-5-8(3-4-10-6-8)11-7-1-2-7/h7,10-11H,1-4,6H2. The minimum atomic E-state index is -0.235. The summed E-state index contributed by atoms with van der Waals surface area (Å²) in [5, 5.41) is 15.5. The van der Waals surface area contributed by atoms with Gasteiger partial charge in [0.15, 0.2) is 0 Å². The van der Waals surface area contributed by atoms with Crippen molar-refractivity contribution in [3.05, 3.63) is 0 Å². The summed E-state index contributed by atoms with van der Waals surface area (Å²) >= 11 is 0. The first-order valence-corrected chi connectivity index (χ1v) is 4.24. The van der Waals surface area contributed by atoms with E-state index in [1.165, 1.54) is 12.8 Å². The molecule has 1 unspecified atom stereocenters. The summed E-state index contributed by atoms with van der Waals surface area (Å²) in [6.07, 6.45) is 3.47. The number of hydrogen-bond donors (Lipinski definition) is 2. The molecule has 2 rings (SSSR count). The average Bonchev–Trinajstić information content (AvgIpc) is 2.68. The molecule has 2 aliphatic rings. The van der Waals surface area contributed by atoms with E-state index in [2.05, 4.69) is 16.7 Å². The van der Waals surface area contributed by atoms with Crippen LogP contribution in [-0.2, 0) is 0 Å². The van der Waals surface area contributed by atoms with Crippen molar-refractivity contribution in [2.45, 2.75) is 30.8 Å². The fraction of sp³-hybridized carbons (Fsp3) is 0.875. The van der Waals surface area contributed by atoms with Gasteiger partial charge in [-0.1, -0.05) is 0 Å². The number of nitrogens with one attached hydrogen (secondary N) is 2. The maximum atomic E-state index is 8.94. The molecule has 3 heteroatoms. The molecule has 0 radical (unpaired) electrons. The van der Waals surface area contributed by atoms with Crippen molar-refractivity contribution in [1.82, 2.24) is 10.6 Å². The van der Waals surface area contributed by atoms with Gasteiger partial charge in [0.05, 0.1) is 6.07 Å². The Balaban J connectivity index is 1.97. The highest BCUT2D eigenvalue weighted by atomic mass is 15.1. The Morgan fingerprint density at radius 2 is 2.36 bits per heavy atom. The molecule has 0 aromatic heterocycles. The van der Waals surface area contributed by atoms with Crippen LogP contribution < -0.4 is 10.6 Å². The fourth-order valence-electron chi connectivity index (χ4n) is 1.56. The van der Waals surface area contributed by atoms with Crippen molar-refractivity contribution in [3.63, 3.8) is 0 Å². The van der Waals surface area contributed by atoms with E-state index in [0.29, 0.717) is 6.04 Å². The highest BCUT2D eigenvalue weighted by Gasteiger charge is 2.38. The maximum absolute atomic E-state index is 8.94. The van der Waals surface area contributed by atoms with Crippen LogP contribution in [0.25, 0.3) is 0 Å². The van der Waals surface area contributed by atoms with Crippen LogP contribution >= 0.6 is 0 Å². The van der Waals surface area contributed by atoms with Crippen LogP contribution in [0.1, 0.15) is 19.3 Å². The van der Waals surface area contributed by atoms with Crippen LogP contribution in [0.3, 0.4) is 0 Å². The van der Waals surface area contributed by atoms with Crippen molar-refractivity contribution in [2.24, 2.45) is 0 Å². The first kappa shape index (κ1) is 7.08.